The van der Waals surface area contributed by atoms with Crippen LogP contribution in [0.1, 0.15) is 39.2 Å². The van der Waals surface area contributed by atoms with Crippen LogP contribution in [0, 0.1) is 11.8 Å². The summed E-state index contributed by atoms with van der Waals surface area (Å²) in [5.74, 6) is 0.385. The number of benzene rings is 1. The lowest BCUT2D eigenvalue weighted by molar-refractivity contribution is -0.0241. The van der Waals surface area contributed by atoms with Crippen molar-refractivity contribution < 1.29 is 19.4 Å². The first-order chi connectivity index (χ1) is 13.2. The van der Waals surface area contributed by atoms with Gasteiger partial charge in [-0.25, -0.2) is 4.79 Å². The summed E-state index contributed by atoms with van der Waals surface area (Å²) < 4.78 is 11.1. The van der Waals surface area contributed by atoms with Crippen molar-refractivity contribution in [3.8, 4) is 0 Å². The van der Waals surface area contributed by atoms with Crippen LogP contribution in [0.3, 0.4) is 0 Å². The largest absolute Gasteiger partial charge is 0.444 e. The number of methoxy groups -OCH3 is 1. The van der Waals surface area contributed by atoms with Crippen LogP contribution >= 0.6 is 0 Å². The normalized spacial score (nSPS) is 29.0. The van der Waals surface area contributed by atoms with E-state index in [1.165, 1.54) is 0 Å². The molecule has 1 saturated heterocycles. The smallest absolute Gasteiger partial charge is 0.410 e. The van der Waals surface area contributed by atoms with E-state index in [0.29, 0.717) is 13.0 Å². The molecule has 3 rings (SSSR count). The maximum atomic E-state index is 13.0. The van der Waals surface area contributed by atoms with Gasteiger partial charge in [-0.2, -0.15) is 0 Å². The lowest BCUT2D eigenvalue weighted by atomic mass is 9.85. The van der Waals surface area contributed by atoms with Crippen molar-refractivity contribution in [1.29, 1.82) is 0 Å². The predicted molar refractivity (Wildman–Crippen MR) is 108 cm³/mol. The van der Waals surface area contributed by atoms with Crippen molar-refractivity contribution >= 4 is 6.09 Å². The molecule has 1 aromatic carbocycles. The van der Waals surface area contributed by atoms with Crippen LogP contribution in [0.25, 0.3) is 0 Å². The average molecular weight is 391 g/mol. The van der Waals surface area contributed by atoms with Crippen molar-refractivity contribution in [2.45, 2.75) is 69.9 Å². The summed E-state index contributed by atoms with van der Waals surface area (Å²) in [6.45, 7) is 6.15. The third kappa shape index (κ3) is 4.34. The maximum Gasteiger partial charge on any atom is 0.410 e. The summed E-state index contributed by atoms with van der Waals surface area (Å²) >= 11 is 0. The average Bonchev–Trinajstić information content (AvgIpc) is 3.16. The van der Waals surface area contributed by atoms with Gasteiger partial charge >= 0.3 is 6.09 Å². The standard InChI is InChI=1S/C22H34N2O4/c1-22(2,3)28-21(26)24-18-11-10-15(16(18)13-27-4)19(24)20(25)17(23)12-14-8-6-5-7-9-14/h5-9,15-20,25H,10-13,23H2,1-4H3/t15-,16+,17?,18-,19-,20?/m1/s1. The zero-order chi connectivity index (χ0) is 20.5. The number of nitrogens with two attached hydrogens (primary N) is 1. The molecule has 1 aromatic rings. The number of nitrogens with zero attached hydrogens (tertiary/aromatic N) is 1. The molecule has 28 heavy (non-hydrogen) atoms. The highest BCUT2D eigenvalue weighted by Crippen LogP contribution is 2.49. The first-order valence-electron chi connectivity index (χ1n) is 10.2. The number of piperidine rings is 1. The molecule has 0 spiro atoms. The molecule has 1 amide bonds. The SMILES string of the molecule is COC[C@H]1[C@H]2CC[C@H]1N(C(=O)OC(C)(C)C)[C@H]2C(O)C(N)Cc1ccccc1. The summed E-state index contributed by atoms with van der Waals surface area (Å²) in [7, 11) is 1.68. The molecule has 6 atom stereocenters. The fraction of sp³-hybridized carbons (Fsp3) is 0.682. The van der Waals surface area contributed by atoms with Crippen molar-refractivity contribution in [1.82, 2.24) is 4.90 Å². The Labute approximate surface area is 168 Å². The highest BCUT2D eigenvalue weighted by Gasteiger charge is 2.58. The van der Waals surface area contributed by atoms with Crippen LogP contribution in [-0.2, 0) is 15.9 Å². The molecule has 2 aliphatic rings. The highest BCUT2D eigenvalue weighted by molar-refractivity contribution is 5.70. The predicted octanol–water partition coefficient (Wildman–Crippen LogP) is 2.58. The number of aliphatic hydroxyl groups excluding tert-OH is 1. The van der Waals surface area contributed by atoms with Gasteiger partial charge in [0.1, 0.15) is 5.60 Å². The summed E-state index contributed by atoms with van der Waals surface area (Å²) in [6.07, 6.45) is 1.26. The van der Waals surface area contributed by atoms with E-state index >= 15 is 0 Å². The van der Waals surface area contributed by atoms with E-state index in [4.69, 9.17) is 15.2 Å². The molecule has 0 radical (unpaired) electrons. The first kappa shape index (κ1) is 21.1. The molecule has 0 aromatic heterocycles. The van der Waals surface area contributed by atoms with Gasteiger partial charge in [0.2, 0.25) is 0 Å². The third-order valence-electron chi connectivity index (χ3n) is 6.02. The lowest BCUT2D eigenvalue weighted by Gasteiger charge is -2.40. The number of carbonyl (C=O) groups is 1. The van der Waals surface area contributed by atoms with Gasteiger partial charge in [-0.1, -0.05) is 30.3 Å². The number of carbonyl (C=O) groups excluding carboxylic acids is 1. The van der Waals surface area contributed by atoms with E-state index in [9.17, 15) is 9.90 Å². The maximum absolute atomic E-state index is 13.0. The number of aliphatic hydroxyl groups is 1. The van der Waals surface area contributed by atoms with Crippen LogP contribution in [0.4, 0.5) is 4.79 Å². The molecule has 2 unspecified atom stereocenters. The minimum absolute atomic E-state index is 0.0309. The van der Waals surface area contributed by atoms with E-state index < -0.39 is 17.7 Å². The fourth-order valence-corrected chi connectivity index (χ4v) is 4.95. The number of likely N-dealkylation sites (tertiary alicyclic amines) is 1. The quantitative estimate of drug-likeness (QED) is 0.780. The Morgan fingerprint density at radius 1 is 1.29 bits per heavy atom. The molecule has 1 aliphatic heterocycles. The van der Waals surface area contributed by atoms with Gasteiger partial charge in [-0.3, -0.25) is 4.90 Å². The molecule has 3 N–H and O–H groups in total. The molecule has 1 aliphatic carbocycles. The van der Waals surface area contributed by atoms with E-state index in [2.05, 4.69) is 0 Å². The third-order valence-corrected chi connectivity index (χ3v) is 6.02. The minimum atomic E-state index is -0.817. The lowest BCUT2D eigenvalue weighted by Crippen LogP contribution is -2.57. The second kappa shape index (κ2) is 8.39. The zero-order valence-corrected chi connectivity index (χ0v) is 17.4. The summed E-state index contributed by atoms with van der Waals surface area (Å²) in [4.78, 5) is 14.8. The van der Waals surface area contributed by atoms with Crippen LogP contribution in [0.15, 0.2) is 30.3 Å². The minimum Gasteiger partial charge on any atom is -0.444 e. The second-order valence-corrected chi connectivity index (χ2v) is 9.15. The van der Waals surface area contributed by atoms with E-state index in [0.717, 1.165) is 18.4 Å². The molecule has 1 heterocycles. The molecule has 6 nitrogen and oxygen atoms in total. The van der Waals surface area contributed by atoms with Gasteiger partial charge in [0.25, 0.3) is 0 Å². The van der Waals surface area contributed by atoms with Crippen LogP contribution < -0.4 is 5.73 Å². The Morgan fingerprint density at radius 2 is 1.96 bits per heavy atom. The van der Waals surface area contributed by atoms with Gasteiger partial charge < -0.3 is 20.3 Å². The highest BCUT2D eigenvalue weighted by atomic mass is 16.6. The topological polar surface area (TPSA) is 85.0 Å². The van der Waals surface area contributed by atoms with Crippen molar-refractivity contribution in [2.75, 3.05) is 13.7 Å². The molecule has 6 heteroatoms. The number of hydrogen-bond donors (Lipinski definition) is 2. The van der Waals surface area contributed by atoms with Gasteiger partial charge in [-0.05, 0) is 51.5 Å². The Kier molecular flexibility index (Phi) is 6.32. The van der Waals surface area contributed by atoms with Crippen molar-refractivity contribution in [3.05, 3.63) is 35.9 Å². The summed E-state index contributed by atoms with van der Waals surface area (Å²) in [5, 5.41) is 11.2. The molecular formula is C22H34N2O4. The van der Waals surface area contributed by atoms with Gasteiger partial charge in [0, 0.05) is 25.1 Å². The summed E-state index contributed by atoms with van der Waals surface area (Å²) in [5.41, 5.74) is 6.90. The molecular weight excluding hydrogens is 356 g/mol. The Hall–Kier alpha value is -1.63. The Morgan fingerprint density at radius 3 is 2.57 bits per heavy atom. The number of hydrogen-bond acceptors (Lipinski definition) is 5. The first-order valence-corrected chi connectivity index (χ1v) is 10.2. The Balaban J connectivity index is 1.81. The molecule has 156 valence electrons. The van der Waals surface area contributed by atoms with Gasteiger partial charge in [0.15, 0.2) is 0 Å². The van der Waals surface area contributed by atoms with Crippen LogP contribution in [0.2, 0.25) is 0 Å². The van der Waals surface area contributed by atoms with Crippen molar-refractivity contribution in [2.24, 2.45) is 17.6 Å². The Bertz CT molecular complexity index is 660. The summed E-state index contributed by atoms with van der Waals surface area (Å²) in [6, 6.07) is 9.14. The van der Waals surface area contributed by atoms with Gasteiger partial charge in [0.05, 0.1) is 18.8 Å². The van der Waals surface area contributed by atoms with Crippen LogP contribution in [-0.4, -0.2) is 59.6 Å². The monoisotopic (exact) mass is 390 g/mol. The number of fused-ring (bicyclic) bond motifs is 2. The number of rotatable bonds is 6. The molecule has 2 bridgehead atoms. The molecule has 2 fully saturated rings. The zero-order valence-electron chi connectivity index (χ0n) is 17.4. The van der Waals surface area contributed by atoms with Gasteiger partial charge in [-0.15, -0.1) is 0 Å². The second-order valence-electron chi connectivity index (χ2n) is 9.15. The van der Waals surface area contributed by atoms with E-state index in [-0.39, 0.29) is 30.0 Å². The molecule has 1 saturated carbocycles. The number of amides is 1. The number of ether oxygens (including phenoxy) is 2. The van der Waals surface area contributed by atoms with E-state index in [1.807, 2.05) is 51.1 Å². The fourth-order valence-electron chi connectivity index (χ4n) is 4.95. The van der Waals surface area contributed by atoms with Crippen LogP contribution in [0.5, 0.6) is 0 Å². The van der Waals surface area contributed by atoms with E-state index in [1.54, 1.807) is 12.0 Å². The van der Waals surface area contributed by atoms with Crippen molar-refractivity contribution in [3.63, 3.8) is 0 Å².